The molecule has 0 fully saturated rings. The summed E-state index contributed by atoms with van der Waals surface area (Å²) in [5.74, 6) is -0.916. The molecule has 0 atom stereocenters. The van der Waals surface area contributed by atoms with Crippen LogP contribution < -0.4 is 9.46 Å². The molecule has 8 heteroatoms. The van der Waals surface area contributed by atoms with Gasteiger partial charge in [-0.05, 0) is 46.0 Å². The zero-order chi connectivity index (χ0) is 18.3. The highest BCUT2D eigenvalue weighted by Crippen LogP contribution is 2.23. The molecule has 0 spiro atoms. The number of carbonyl (C=O) groups is 2. The van der Waals surface area contributed by atoms with E-state index in [1.807, 2.05) is 0 Å². The van der Waals surface area contributed by atoms with Gasteiger partial charge in [0, 0.05) is 17.2 Å². The number of hydrogen-bond donors (Lipinski definition) is 1. The summed E-state index contributed by atoms with van der Waals surface area (Å²) in [6.07, 6.45) is 1.06. The summed E-state index contributed by atoms with van der Waals surface area (Å²) < 4.78 is 36.6. The Morgan fingerprint density at radius 2 is 1.88 bits per heavy atom. The number of carbonyl (C=O) groups excluding carboxylic acids is 2. The largest absolute Gasteiger partial charge is 0.494 e. The summed E-state index contributed by atoms with van der Waals surface area (Å²) in [4.78, 5) is 23.8. The number of benzene rings is 1. The zero-order valence-electron chi connectivity index (χ0n) is 14.1. The Hall–Kier alpha value is -2.19. The van der Waals surface area contributed by atoms with Crippen molar-refractivity contribution < 1.29 is 27.5 Å². The minimum atomic E-state index is -3.88. The molecule has 0 aliphatic carbocycles. The van der Waals surface area contributed by atoms with Gasteiger partial charge in [0.2, 0.25) is 10.0 Å². The number of allylic oxidation sites excluding steroid dienone is 1. The molecule has 0 heterocycles. The van der Waals surface area contributed by atoms with E-state index in [1.165, 1.54) is 32.2 Å². The standard InChI is InChI=1S/C16H21NO6S/c1-5-22-12-7-8-13(15(10-12)24(20,21)17-4)14(18)9-11(3)16(19)23-6-2/h7-10,17H,5-6H2,1-4H3/b11-9+. The lowest BCUT2D eigenvalue weighted by molar-refractivity contribution is -0.138. The van der Waals surface area contributed by atoms with Crippen molar-refractivity contribution in [2.45, 2.75) is 25.7 Å². The second-order valence-corrected chi connectivity index (χ2v) is 6.57. The van der Waals surface area contributed by atoms with E-state index in [2.05, 4.69) is 4.72 Å². The van der Waals surface area contributed by atoms with Crippen molar-refractivity contribution in [1.82, 2.24) is 4.72 Å². The maximum absolute atomic E-state index is 12.4. The maximum atomic E-state index is 12.4. The number of nitrogens with one attached hydrogen (secondary N) is 1. The van der Waals surface area contributed by atoms with Crippen LogP contribution in [0.4, 0.5) is 0 Å². The molecule has 7 nitrogen and oxygen atoms in total. The van der Waals surface area contributed by atoms with Crippen LogP contribution in [-0.2, 0) is 19.6 Å². The number of ether oxygens (including phenoxy) is 2. The monoisotopic (exact) mass is 355 g/mol. The first kappa shape index (κ1) is 19.9. The average Bonchev–Trinajstić information content (AvgIpc) is 2.55. The number of ketones is 1. The van der Waals surface area contributed by atoms with Crippen LogP contribution in [0.1, 0.15) is 31.1 Å². The SMILES string of the molecule is CCOC(=O)/C(C)=C/C(=O)c1ccc(OCC)cc1S(=O)(=O)NC. The van der Waals surface area contributed by atoms with Crippen molar-refractivity contribution >= 4 is 21.8 Å². The molecule has 0 saturated carbocycles. The molecule has 1 aromatic carbocycles. The molecule has 24 heavy (non-hydrogen) atoms. The minimum Gasteiger partial charge on any atom is -0.494 e. The lowest BCUT2D eigenvalue weighted by Gasteiger charge is -2.11. The molecule has 0 bridgehead atoms. The van der Waals surface area contributed by atoms with E-state index in [9.17, 15) is 18.0 Å². The Labute approximate surface area is 141 Å². The van der Waals surface area contributed by atoms with Crippen molar-refractivity contribution in [3.8, 4) is 5.75 Å². The fraction of sp³-hybridized carbons (Fsp3) is 0.375. The molecule has 0 aromatic heterocycles. The van der Waals surface area contributed by atoms with Gasteiger partial charge in [-0.2, -0.15) is 0 Å². The van der Waals surface area contributed by atoms with Crippen LogP contribution in [0.15, 0.2) is 34.7 Å². The topological polar surface area (TPSA) is 98.8 Å². The predicted molar refractivity (Wildman–Crippen MR) is 88.6 cm³/mol. The van der Waals surface area contributed by atoms with Crippen molar-refractivity contribution in [1.29, 1.82) is 0 Å². The predicted octanol–water partition coefficient (Wildman–Crippen LogP) is 1.69. The Bertz CT molecular complexity index is 752. The van der Waals surface area contributed by atoms with Crippen LogP contribution in [0, 0.1) is 0 Å². The molecule has 0 aliphatic heterocycles. The molecule has 0 unspecified atom stereocenters. The van der Waals surface area contributed by atoms with E-state index in [4.69, 9.17) is 9.47 Å². The van der Waals surface area contributed by atoms with Gasteiger partial charge in [0.1, 0.15) is 5.75 Å². The summed E-state index contributed by atoms with van der Waals surface area (Å²) in [5.41, 5.74) is 0.0278. The lowest BCUT2D eigenvalue weighted by Crippen LogP contribution is -2.21. The number of sulfonamides is 1. The molecular weight excluding hydrogens is 334 g/mol. The smallest absolute Gasteiger partial charge is 0.333 e. The summed E-state index contributed by atoms with van der Waals surface area (Å²) >= 11 is 0. The molecule has 1 rings (SSSR count). The van der Waals surface area contributed by atoms with E-state index in [0.717, 1.165) is 6.08 Å². The summed E-state index contributed by atoms with van der Waals surface area (Å²) in [6.45, 7) is 5.37. The van der Waals surface area contributed by atoms with Crippen LogP contribution in [0.5, 0.6) is 5.75 Å². The number of esters is 1. The van der Waals surface area contributed by atoms with Gasteiger partial charge < -0.3 is 9.47 Å². The third kappa shape index (κ3) is 4.90. The van der Waals surface area contributed by atoms with E-state index >= 15 is 0 Å². The van der Waals surface area contributed by atoms with Gasteiger partial charge in [0.05, 0.1) is 18.1 Å². The molecule has 0 saturated heterocycles. The van der Waals surface area contributed by atoms with Gasteiger partial charge >= 0.3 is 5.97 Å². The third-order valence-electron chi connectivity index (χ3n) is 3.03. The van der Waals surface area contributed by atoms with E-state index in [-0.39, 0.29) is 22.6 Å². The van der Waals surface area contributed by atoms with Gasteiger partial charge in [-0.25, -0.2) is 17.9 Å². The molecule has 1 aromatic rings. The number of rotatable bonds is 8. The summed E-state index contributed by atoms with van der Waals surface area (Å²) in [5, 5.41) is 0. The van der Waals surface area contributed by atoms with E-state index < -0.39 is 21.8 Å². The number of hydrogen-bond acceptors (Lipinski definition) is 6. The lowest BCUT2D eigenvalue weighted by atomic mass is 10.1. The van der Waals surface area contributed by atoms with Gasteiger partial charge in [-0.3, -0.25) is 4.79 Å². The van der Waals surface area contributed by atoms with Gasteiger partial charge in [0.25, 0.3) is 0 Å². The molecule has 0 radical (unpaired) electrons. The van der Waals surface area contributed by atoms with Crippen LogP contribution in [-0.4, -0.2) is 40.4 Å². The van der Waals surface area contributed by atoms with Crippen LogP contribution >= 0.6 is 0 Å². The van der Waals surface area contributed by atoms with E-state index in [1.54, 1.807) is 13.8 Å². The Morgan fingerprint density at radius 3 is 2.42 bits per heavy atom. The Balaban J connectivity index is 3.35. The third-order valence-corrected chi connectivity index (χ3v) is 4.49. The zero-order valence-corrected chi connectivity index (χ0v) is 14.9. The minimum absolute atomic E-state index is 0.0588. The van der Waals surface area contributed by atoms with Crippen LogP contribution in [0.25, 0.3) is 0 Å². The fourth-order valence-corrected chi connectivity index (χ4v) is 2.82. The normalized spacial score (nSPS) is 11.9. The van der Waals surface area contributed by atoms with Gasteiger partial charge in [-0.15, -0.1) is 0 Å². The quantitative estimate of drug-likeness (QED) is 0.433. The summed E-state index contributed by atoms with van der Waals surface area (Å²) in [6, 6.07) is 4.13. The van der Waals surface area contributed by atoms with Crippen molar-refractivity contribution in [2.75, 3.05) is 20.3 Å². The molecule has 0 aliphatic rings. The molecular formula is C16H21NO6S. The second kappa shape index (κ2) is 8.60. The first-order valence-corrected chi connectivity index (χ1v) is 8.85. The fourth-order valence-electron chi connectivity index (χ4n) is 1.87. The maximum Gasteiger partial charge on any atom is 0.333 e. The van der Waals surface area contributed by atoms with Gasteiger partial charge in [-0.1, -0.05) is 0 Å². The van der Waals surface area contributed by atoms with Crippen LogP contribution in [0.2, 0.25) is 0 Å². The molecule has 0 amide bonds. The Kier molecular flexibility index (Phi) is 7.12. The first-order valence-electron chi connectivity index (χ1n) is 7.37. The van der Waals surface area contributed by atoms with Crippen molar-refractivity contribution in [3.05, 3.63) is 35.4 Å². The van der Waals surface area contributed by atoms with Gasteiger partial charge in [0.15, 0.2) is 5.78 Å². The highest BCUT2D eigenvalue weighted by atomic mass is 32.2. The van der Waals surface area contributed by atoms with E-state index in [0.29, 0.717) is 12.4 Å². The second-order valence-electron chi connectivity index (χ2n) is 4.71. The highest BCUT2D eigenvalue weighted by Gasteiger charge is 2.22. The highest BCUT2D eigenvalue weighted by molar-refractivity contribution is 7.89. The average molecular weight is 355 g/mol. The molecule has 132 valence electrons. The summed E-state index contributed by atoms with van der Waals surface area (Å²) in [7, 11) is -2.63. The first-order chi connectivity index (χ1) is 11.3. The van der Waals surface area contributed by atoms with Crippen molar-refractivity contribution in [2.24, 2.45) is 0 Å². The van der Waals surface area contributed by atoms with Crippen molar-refractivity contribution in [3.63, 3.8) is 0 Å². The Morgan fingerprint density at radius 1 is 1.21 bits per heavy atom. The molecule has 1 N–H and O–H groups in total. The van der Waals surface area contributed by atoms with Crippen LogP contribution in [0.3, 0.4) is 0 Å².